The quantitative estimate of drug-likeness (QED) is 0.784. The molecule has 0 spiro atoms. The Morgan fingerprint density at radius 1 is 1.00 bits per heavy atom. The highest BCUT2D eigenvalue weighted by Gasteiger charge is 2.15. The number of allylic oxidation sites excluding steroid dienone is 6. The first-order valence-corrected chi connectivity index (χ1v) is 7.38. The van der Waals surface area contributed by atoms with E-state index in [0.717, 1.165) is 30.8 Å². The van der Waals surface area contributed by atoms with Crippen molar-refractivity contribution in [2.45, 2.75) is 26.7 Å². The third kappa shape index (κ3) is 3.65. The Labute approximate surface area is 132 Å². The predicted octanol–water partition coefficient (Wildman–Crippen LogP) is 4.09. The maximum Gasteiger partial charge on any atom is 0.137 e. The van der Waals surface area contributed by atoms with E-state index in [1.54, 1.807) is 0 Å². The number of rotatable bonds is 4. The van der Waals surface area contributed by atoms with Gasteiger partial charge in [0, 0.05) is 23.5 Å². The number of aryl methyl sites for hydroxylation is 1. The molecule has 1 aliphatic heterocycles. The second-order valence-corrected chi connectivity index (χ2v) is 5.37. The van der Waals surface area contributed by atoms with Crippen LogP contribution in [-0.4, -0.2) is 11.4 Å². The van der Waals surface area contributed by atoms with Gasteiger partial charge < -0.3 is 4.90 Å². The fourth-order valence-electron chi connectivity index (χ4n) is 2.66. The molecule has 1 heterocycles. The Balaban J connectivity index is 2.04. The number of nitrogens with zero attached hydrogens (tertiary/aromatic N) is 3. The van der Waals surface area contributed by atoms with Crippen LogP contribution in [0.2, 0.25) is 0 Å². The van der Waals surface area contributed by atoms with E-state index in [2.05, 4.69) is 29.2 Å². The van der Waals surface area contributed by atoms with Crippen molar-refractivity contribution in [2.24, 2.45) is 0 Å². The first kappa shape index (κ1) is 15.6. The molecular weight excluding hydrogens is 270 g/mol. The summed E-state index contributed by atoms with van der Waals surface area (Å²) in [6.45, 7) is 4.97. The lowest BCUT2D eigenvalue weighted by atomic mass is 10.0. The maximum absolute atomic E-state index is 8.98. The highest BCUT2D eigenvalue weighted by atomic mass is 15.1. The van der Waals surface area contributed by atoms with Crippen molar-refractivity contribution in [3.05, 3.63) is 70.6 Å². The van der Waals surface area contributed by atoms with Crippen LogP contribution in [0.25, 0.3) is 0 Å². The molecule has 0 fully saturated rings. The van der Waals surface area contributed by atoms with E-state index in [9.17, 15) is 0 Å². The molecule has 1 aliphatic rings. The molecule has 0 unspecified atom stereocenters. The minimum absolute atomic E-state index is 0.169. The molecule has 0 aliphatic carbocycles. The minimum atomic E-state index is 0.169. The number of benzene rings is 1. The van der Waals surface area contributed by atoms with Crippen molar-refractivity contribution < 1.29 is 0 Å². The number of hydrogen-bond donors (Lipinski definition) is 0. The van der Waals surface area contributed by atoms with E-state index in [0.29, 0.717) is 5.57 Å². The van der Waals surface area contributed by atoms with Gasteiger partial charge in [-0.25, -0.2) is 0 Å². The second kappa shape index (κ2) is 7.29. The van der Waals surface area contributed by atoms with Gasteiger partial charge in [0.1, 0.15) is 17.7 Å². The topological polar surface area (TPSA) is 50.8 Å². The van der Waals surface area contributed by atoms with Crippen LogP contribution < -0.4 is 0 Å². The summed E-state index contributed by atoms with van der Waals surface area (Å²) in [5.74, 6) is 0. The lowest BCUT2D eigenvalue weighted by molar-refractivity contribution is 0.414. The molecule has 3 nitrogen and oxygen atoms in total. The van der Waals surface area contributed by atoms with Gasteiger partial charge in [-0.15, -0.1) is 0 Å². The third-order valence-corrected chi connectivity index (χ3v) is 3.78. The van der Waals surface area contributed by atoms with E-state index in [-0.39, 0.29) is 5.57 Å². The molecule has 22 heavy (non-hydrogen) atoms. The van der Waals surface area contributed by atoms with Gasteiger partial charge in [0.15, 0.2) is 0 Å². The fourth-order valence-corrected chi connectivity index (χ4v) is 2.66. The van der Waals surface area contributed by atoms with Crippen LogP contribution in [0.5, 0.6) is 0 Å². The van der Waals surface area contributed by atoms with Crippen molar-refractivity contribution in [3.63, 3.8) is 0 Å². The Bertz CT molecular complexity index is 671. The number of hydrogen-bond acceptors (Lipinski definition) is 3. The minimum Gasteiger partial charge on any atom is -0.349 e. The van der Waals surface area contributed by atoms with Crippen LogP contribution in [0.4, 0.5) is 0 Å². The molecule has 2 rings (SSSR count). The smallest absolute Gasteiger partial charge is 0.137 e. The molecular formula is C19H19N3. The third-order valence-electron chi connectivity index (χ3n) is 3.78. The summed E-state index contributed by atoms with van der Waals surface area (Å²) in [5, 5.41) is 18.0. The summed E-state index contributed by atoms with van der Waals surface area (Å²) >= 11 is 0. The van der Waals surface area contributed by atoms with Crippen LogP contribution in [0, 0.1) is 22.7 Å². The average Bonchev–Trinajstić information content (AvgIpc) is 2.52. The molecule has 0 saturated carbocycles. The zero-order valence-corrected chi connectivity index (χ0v) is 13.0. The van der Waals surface area contributed by atoms with Gasteiger partial charge in [-0.1, -0.05) is 30.3 Å². The van der Waals surface area contributed by atoms with Gasteiger partial charge in [0.05, 0.1) is 0 Å². The Morgan fingerprint density at radius 2 is 1.59 bits per heavy atom. The van der Waals surface area contributed by atoms with Gasteiger partial charge in [-0.2, -0.15) is 10.5 Å². The molecule has 110 valence electrons. The molecule has 0 aromatic heterocycles. The van der Waals surface area contributed by atoms with Gasteiger partial charge in [-0.3, -0.25) is 0 Å². The van der Waals surface area contributed by atoms with Crippen LogP contribution in [0.1, 0.15) is 25.8 Å². The molecule has 1 aromatic carbocycles. The maximum atomic E-state index is 8.98. The fraction of sp³-hybridized carbons (Fsp3) is 0.263. The lowest BCUT2D eigenvalue weighted by Crippen LogP contribution is -2.24. The van der Waals surface area contributed by atoms with Gasteiger partial charge in [0.25, 0.3) is 0 Å². The van der Waals surface area contributed by atoms with Crippen molar-refractivity contribution >= 4 is 0 Å². The molecule has 3 heteroatoms. The van der Waals surface area contributed by atoms with Crippen LogP contribution in [0.3, 0.4) is 0 Å². The van der Waals surface area contributed by atoms with Crippen molar-refractivity contribution in [1.82, 2.24) is 4.90 Å². The molecule has 0 bridgehead atoms. The summed E-state index contributed by atoms with van der Waals surface area (Å²) in [5.41, 5.74) is 4.37. The number of nitriles is 2. The summed E-state index contributed by atoms with van der Waals surface area (Å²) in [4.78, 5) is 2.23. The van der Waals surface area contributed by atoms with E-state index in [1.165, 1.54) is 5.56 Å². The molecule has 0 N–H and O–H groups in total. The first-order valence-electron chi connectivity index (χ1n) is 7.38. The molecule has 1 aromatic rings. The lowest BCUT2D eigenvalue weighted by Gasteiger charge is -2.29. The second-order valence-electron chi connectivity index (χ2n) is 5.37. The standard InChI is InChI=1S/C19H19N3/c1-15-11-18(19(13-20)14-21)12-16(2)22(15)10-6-9-17-7-4-3-5-8-17/h3-5,7-8,11-12H,6,9-10H2,1-2H3. The largest absolute Gasteiger partial charge is 0.349 e. The van der Waals surface area contributed by atoms with Crippen LogP contribution in [-0.2, 0) is 6.42 Å². The zero-order chi connectivity index (χ0) is 15.9. The Morgan fingerprint density at radius 3 is 2.14 bits per heavy atom. The van der Waals surface area contributed by atoms with E-state index < -0.39 is 0 Å². The van der Waals surface area contributed by atoms with E-state index in [1.807, 2.05) is 44.2 Å². The van der Waals surface area contributed by atoms with Crippen molar-refractivity contribution in [1.29, 1.82) is 10.5 Å². The Kier molecular flexibility index (Phi) is 5.17. The normalized spacial score (nSPS) is 13.8. The SMILES string of the molecule is CC1=CC(=C(C#N)C#N)C=C(C)N1CCCc1ccccc1. The molecule has 0 amide bonds. The predicted molar refractivity (Wildman–Crippen MR) is 87.2 cm³/mol. The summed E-state index contributed by atoms with van der Waals surface area (Å²) < 4.78 is 0. The Hall–Kier alpha value is -2.78. The zero-order valence-electron chi connectivity index (χ0n) is 13.0. The summed E-state index contributed by atoms with van der Waals surface area (Å²) in [6.07, 6.45) is 5.93. The van der Waals surface area contributed by atoms with Crippen LogP contribution in [0.15, 0.2) is 65.0 Å². The molecule has 0 saturated heterocycles. The van der Waals surface area contributed by atoms with Gasteiger partial charge >= 0.3 is 0 Å². The van der Waals surface area contributed by atoms with Gasteiger partial charge in [-0.05, 0) is 44.4 Å². The summed E-state index contributed by atoms with van der Waals surface area (Å²) in [6, 6.07) is 14.4. The molecule has 0 radical (unpaired) electrons. The van der Waals surface area contributed by atoms with Crippen molar-refractivity contribution in [3.8, 4) is 12.1 Å². The first-order chi connectivity index (χ1) is 10.7. The monoisotopic (exact) mass is 289 g/mol. The average molecular weight is 289 g/mol. The van der Waals surface area contributed by atoms with Gasteiger partial charge in [0.2, 0.25) is 0 Å². The summed E-state index contributed by atoms with van der Waals surface area (Å²) in [7, 11) is 0. The van der Waals surface area contributed by atoms with E-state index >= 15 is 0 Å². The van der Waals surface area contributed by atoms with Crippen LogP contribution >= 0.6 is 0 Å². The van der Waals surface area contributed by atoms with Crippen molar-refractivity contribution in [2.75, 3.05) is 6.54 Å². The highest BCUT2D eigenvalue weighted by molar-refractivity contribution is 5.53. The molecule has 0 atom stereocenters. The highest BCUT2D eigenvalue weighted by Crippen LogP contribution is 2.24. The van der Waals surface area contributed by atoms with E-state index in [4.69, 9.17) is 10.5 Å².